The van der Waals surface area contributed by atoms with Gasteiger partial charge in [-0.15, -0.1) is 11.3 Å². The van der Waals surface area contributed by atoms with Gasteiger partial charge >= 0.3 is 5.97 Å². The highest BCUT2D eigenvalue weighted by Gasteiger charge is 2.25. The third-order valence-electron chi connectivity index (χ3n) is 3.00. The molecule has 5 nitrogen and oxygen atoms in total. The first kappa shape index (κ1) is 16.6. The van der Waals surface area contributed by atoms with Gasteiger partial charge in [-0.05, 0) is 20.3 Å². The summed E-state index contributed by atoms with van der Waals surface area (Å²) in [6.45, 7) is 8.11. The van der Waals surface area contributed by atoms with Crippen molar-refractivity contribution < 1.29 is 14.3 Å². The maximum absolute atomic E-state index is 11.9. The van der Waals surface area contributed by atoms with Crippen LogP contribution in [0, 0.1) is 0 Å². The van der Waals surface area contributed by atoms with Crippen LogP contribution in [-0.4, -0.2) is 32.8 Å². The lowest BCUT2D eigenvalue weighted by molar-refractivity contribution is 0.0533. The normalized spacial score (nSPS) is 10.4. The van der Waals surface area contributed by atoms with Crippen LogP contribution in [0.3, 0.4) is 0 Å². The Kier molecular flexibility index (Phi) is 6.64. The van der Waals surface area contributed by atoms with Gasteiger partial charge < -0.3 is 20.1 Å². The summed E-state index contributed by atoms with van der Waals surface area (Å²) < 4.78 is 10.4. The molecule has 2 N–H and O–H groups in total. The molecule has 0 fully saturated rings. The second kappa shape index (κ2) is 7.99. The fraction of sp³-hybridized carbons (Fsp3) is 0.643. The SMILES string of the molecule is CCCCN(CC)c1sc(C(=O)OCC)c(N)c1OC. The summed E-state index contributed by atoms with van der Waals surface area (Å²) >= 11 is 1.34. The Labute approximate surface area is 124 Å². The molecule has 0 saturated carbocycles. The van der Waals surface area contributed by atoms with Crippen LogP contribution in [0.5, 0.6) is 5.75 Å². The molecule has 20 heavy (non-hydrogen) atoms. The molecule has 0 amide bonds. The second-order valence-corrected chi connectivity index (χ2v) is 5.34. The van der Waals surface area contributed by atoms with E-state index in [4.69, 9.17) is 15.2 Å². The Morgan fingerprint density at radius 2 is 2.05 bits per heavy atom. The number of nitrogens with zero attached hydrogens (tertiary/aromatic N) is 1. The Hall–Kier alpha value is -1.43. The lowest BCUT2D eigenvalue weighted by Crippen LogP contribution is -2.23. The molecule has 6 heteroatoms. The van der Waals surface area contributed by atoms with Crippen molar-refractivity contribution >= 4 is 28.0 Å². The van der Waals surface area contributed by atoms with E-state index in [2.05, 4.69) is 18.7 Å². The van der Waals surface area contributed by atoms with Gasteiger partial charge in [0.25, 0.3) is 0 Å². The van der Waals surface area contributed by atoms with E-state index in [1.165, 1.54) is 11.3 Å². The van der Waals surface area contributed by atoms with E-state index in [0.29, 0.717) is 22.9 Å². The van der Waals surface area contributed by atoms with E-state index in [0.717, 1.165) is 30.9 Å². The molecule has 0 aliphatic heterocycles. The largest absolute Gasteiger partial charge is 0.492 e. The molecule has 0 unspecified atom stereocenters. The zero-order valence-corrected chi connectivity index (χ0v) is 13.5. The average molecular weight is 300 g/mol. The van der Waals surface area contributed by atoms with Crippen LogP contribution in [-0.2, 0) is 4.74 Å². The van der Waals surface area contributed by atoms with Crippen LogP contribution in [0.1, 0.15) is 43.3 Å². The topological polar surface area (TPSA) is 64.8 Å². The van der Waals surface area contributed by atoms with Gasteiger partial charge in [-0.2, -0.15) is 0 Å². The highest BCUT2D eigenvalue weighted by Crippen LogP contribution is 2.45. The molecular weight excluding hydrogens is 276 g/mol. The molecule has 0 aromatic carbocycles. The van der Waals surface area contributed by atoms with E-state index in [9.17, 15) is 4.79 Å². The van der Waals surface area contributed by atoms with Crippen molar-refractivity contribution in [3.8, 4) is 5.75 Å². The van der Waals surface area contributed by atoms with Crippen molar-refractivity contribution in [2.24, 2.45) is 0 Å². The zero-order valence-electron chi connectivity index (χ0n) is 12.7. The Bertz CT molecular complexity index is 446. The fourth-order valence-corrected chi connectivity index (χ4v) is 3.10. The number of hydrogen-bond acceptors (Lipinski definition) is 6. The van der Waals surface area contributed by atoms with Gasteiger partial charge in [-0.25, -0.2) is 4.79 Å². The molecular formula is C14H24N2O3S. The third kappa shape index (κ3) is 3.56. The number of carbonyl (C=O) groups is 1. The number of unbranched alkanes of at least 4 members (excludes halogenated alkanes) is 1. The number of nitrogen functional groups attached to an aromatic ring is 1. The number of ether oxygens (including phenoxy) is 2. The number of esters is 1. The summed E-state index contributed by atoms with van der Waals surface area (Å²) in [7, 11) is 1.57. The summed E-state index contributed by atoms with van der Waals surface area (Å²) in [5.74, 6) is 0.196. The average Bonchev–Trinajstić information content (AvgIpc) is 2.77. The molecule has 1 heterocycles. The summed E-state index contributed by atoms with van der Waals surface area (Å²) in [6.07, 6.45) is 2.20. The molecule has 1 rings (SSSR count). The van der Waals surface area contributed by atoms with Crippen molar-refractivity contribution in [1.29, 1.82) is 0 Å². The minimum atomic E-state index is -0.383. The van der Waals surface area contributed by atoms with Crippen LogP contribution < -0.4 is 15.4 Å². The van der Waals surface area contributed by atoms with Gasteiger partial charge in [0, 0.05) is 13.1 Å². The first-order valence-electron chi connectivity index (χ1n) is 6.98. The predicted molar refractivity (Wildman–Crippen MR) is 84.0 cm³/mol. The fourth-order valence-electron chi connectivity index (χ4n) is 1.92. The van der Waals surface area contributed by atoms with Crippen LogP contribution in [0.2, 0.25) is 0 Å². The van der Waals surface area contributed by atoms with Gasteiger partial charge in [0.05, 0.1) is 13.7 Å². The van der Waals surface area contributed by atoms with E-state index in [-0.39, 0.29) is 5.97 Å². The van der Waals surface area contributed by atoms with E-state index in [1.54, 1.807) is 14.0 Å². The van der Waals surface area contributed by atoms with E-state index >= 15 is 0 Å². The number of nitrogens with two attached hydrogens (primary N) is 1. The first-order chi connectivity index (χ1) is 9.60. The van der Waals surface area contributed by atoms with Crippen molar-refractivity contribution in [3.05, 3.63) is 4.88 Å². The first-order valence-corrected chi connectivity index (χ1v) is 7.80. The minimum Gasteiger partial charge on any atom is -0.492 e. The van der Waals surface area contributed by atoms with E-state index < -0.39 is 0 Å². The third-order valence-corrected chi connectivity index (χ3v) is 4.23. The number of methoxy groups -OCH3 is 1. The smallest absolute Gasteiger partial charge is 0.350 e. The van der Waals surface area contributed by atoms with Gasteiger partial charge in [-0.3, -0.25) is 0 Å². The Morgan fingerprint density at radius 1 is 1.35 bits per heavy atom. The molecule has 0 spiro atoms. The van der Waals surface area contributed by atoms with Crippen molar-refractivity contribution in [3.63, 3.8) is 0 Å². The molecule has 0 bridgehead atoms. The highest BCUT2D eigenvalue weighted by atomic mass is 32.1. The monoisotopic (exact) mass is 300 g/mol. The number of hydrogen-bond donors (Lipinski definition) is 1. The highest BCUT2D eigenvalue weighted by molar-refractivity contribution is 7.19. The predicted octanol–water partition coefficient (Wildman–Crippen LogP) is 3.14. The molecule has 0 radical (unpaired) electrons. The Morgan fingerprint density at radius 3 is 2.55 bits per heavy atom. The Balaban J connectivity index is 3.11. The van der Waals surface area contributed by atoms with Crippen LogP contribution in [0.15, 0.2) is 0 Å². The molecule has 0 aliphatic rings. The lowest BCUT2D eigenvalue weighted by Gasteiger charge is -2.22. The van der Waals surface area contributed by atoms with Crippen molar-refractivity contribution in [2.75, 3.05) is 37.4 Å². The number of rotatable bonds is 8. The number of anilines is 2. The molecule has 0 saturated heterocycles. The second-order valence-electron chi connectivity index (χ2n) is 4.34. The number of thiophene rings is 1. The summed E-state index contributed by atoms with van der Waals surface area (Å²) in [6, 6.07) is 0. The van der Waals surface area contributed by atoms with Gasteiger partial charge in [0.1, 0.15) is 15.6 Å². The molecule has 0 atom stereocenters. The number of carbonyl (C=O) groups excluding carboxylic acids is 1. The molecule has 114 valence electrons. The molecule has 1 aromatic heterocycles. The van der Waals surface area contributed by atoms with Crippen molar-refractivity contribution in [1.82, 2.24) is 0 Å². The van der Waals surface area contributed by atoms with Gasteiger partial charge in [-0.1, -0.05) is 13.3 Å². The van der Waals surface area contributed by atoms with Crippen LogP contribution >= 0.6 is 11.3 Å². The van der Waals surface area contributed by atoms with Crippen LogP contribution in [0.4, 0.5) is 10.7 Å². The standard InChI is InChI=1S/C14H24N2O3S/c1-5-8-9-16(6-2)13-11(18-4)10(15)12(20-13)14(17)19-7-3/h5-9,15H2,1-4H3. The molecule has 1 aromatic rings. The quantitative estimate of drug-likeness (QED) is 0.747. The molecule has 0 aliphatic carbocycles. The minimum absolute atomic E-state index is 0.334. The summed E-state index contributed by atoms with van der Waals surface area (Å²) in [5, 5.41) is 0.906. The maximum Gasteiger partial charge on any atom is 0.350 e. The van der Waals surface area contributed by atoms with E-state index in [1.807, 2.05) is 0 Å². The van der Waals surface area contributed by atoms with Gasteiger partial charge in [0.15, 0.2) is 5.75 Å². The lowest BCUT2D eigenvalue weighted by atomic mass is 10.3. The van der Waals surface area contributed by atoms with Gasteiger partial charge in [0.2, 0.25) is 0 Å². The summed E-state index contributed by atoms with van der Waals surface area (Å²) in [4.78, 5) is 14.5. The summed E-state index contributed by atoms with van der Waals surface area (Å²) in [5.41, 5.74) is 6.40. The maximum atomic E-state index is 11.9. The zero-order chi connectivity index (χ0) is 15.1. The van der Waals surface area contributed by atoms with Crippen LogP contribution in [0.25, 0.3) is 0 Å². The van der Waals surface area contributed by atoms with Crippen molar-refractivity contribution in [2.45, 2.75) is 33.6 Å².